The number of aliphatic imine (C=N–C) groups is 2. The Kier molecular flexibility index (Phi) is 2.96. The van der Waals surface area contributed by atoms with E-state index in [0.29, 0.717) is 0 Å². The fourth-order valence-corrected chi connectivity index (χ4v) is 1.37. The van der Waals surface area contributed by atoms with E-state index in [0.717, 1.165) is 23.4 Å². The average Bonchev–Trinajstić information content (AvgIpc) is 2.37. The summed E-state index contributed by atoms with van der Waals surface area (Å²) in [5.74, 6) is 0. The number of hydrogen-bond donors (Lipinski definition) is 0. The van der Waals surface area contributed by atoms with Gasteiger partial charge in [0.05, 0.1) is 11.4 Å². The molecule has 2 nitrogen and oxygen atoms in total. The zero-order valence-corrected chi connectivity index (χ0v) is 8.17. The van der Waals surface area contributed by atoms with Gasteiger partial charge in [-0.25, -0.2) is 0 Å². The van der Waals surface area contributed by atoms with Crippen molar-refractivity contribution in [3.63, 3.8) is 0 Å². The van der Waals surface area contributed by atoms with E-state index in [1.165, 1.54) is 5.57 Å². The monoisotopic (exact) mass is 174 g/mol. The molecule has 0 aromatic heterocycles. The van der Waals surface area contributed by atoms with Crippen LogP contribution in [0.15, 0.2) is 45.7 Å². The van der Waals surface area contributed by atoms with E-state index in [4.69, 9.17) is 0 Å². The maximum Gasteiger partial charge on any atom is 0.0914 e. The van der Waals surface area contributed by atoms with Crippen LogP contribution in [0.3, 0.4) is 0 Å². The Balaban J connectivity index is 3.08. The summed E-state index contributed by atoms with van der Waals surface area (Å²) in [7, 11) is 0. The number of allylic oxidation sites excluding steroid dienone is 3. The molecule has 0 heterocycles. The van der Waals surface area contributed by atoms with E-state index >= 15 is 0 Å². The molecule has 0 aliphatic heterocycles. The number of rotatable bonds is 2. The Bertz CT molecular complexity index is 330. The first kappa shape index (κ1) is 9.65. The van der Waals surface area contributed by atoms with Crippen molar-refractivity contribution in [2.75, 3.05) is 0 Å². The molecule has 1 rings (SSSR count). The second kappa shape index (κ2) is 3.99. The van der Waals surface area contributed by atoms with Crippen LogP contribution in [0.2, 0.25) is 0 Å². The van der Waals surface area contributed by atoms with E-state index in [1.807, 2.05) is 19.9 Å². The first-order chi connectivity index (χ1) is 6.20. The highest BCUT2D eigenvalue weighted by molar-refractivity contribution is 6.15. The maximum absolute atomic E-state index is 4.27. The minimum Gasteiger partial charge on any atom is -0.262 e. The van der Waals surface area contributed by atoms with Gasteiger partial charge in [-0.3, -0.25) is 9.98 Å². The summed E-state index contributed by atoms with van der Waals surface area (Å²) in [5.41, 5.74) is 4.00. The van der Waals surface area contributed by atoms with E-state index in [-0.39, 0.29) is 0 Å². The van der Waals surface area contributed by atoms with Crippen molar-refractivity contribution in [3.05, 3.63) is 35.7 Å². The van der Waals surface area contributed by atoms with Gasteiger partial charge in [-0.2, -0.15) is 0 Å². The summed E-state index contributed by atoms with van der Waals surface area (Å²) >= 11 is 0. The number of hydrogen-bond acceptors (Lipinski definition) is 2. The predicted molar refractivity (Wildman–Crippen MR) is 58.3 cm³/mol. The standard InChI is InChI=1S/C11H14N2/c1-5-6-13-11-9(3)7-8(2)10(11)12-4/h5-6H,3-4,7H2,1-2H3/b6-5-,13-11?. The molecule has 68 valence electrons. The van der Waals surface area contributed by atoms with Crippen LogP contribution < -0.4 is 0 Å². The lowest BCUT2D eigenvalue weighted by atomic mass is 10.2. The summed E-state index contributed by atoms with van der Waals surface area (Å²) < 4.78 is 0. The Morgan fingerprint density at radius 3 is 2.69 bits per heavy atom. The summed E-state index contributed by atoms with van der Waals surface area (Å²) in [6, 6.07) is 0. The fourth-order valence-electron chi connectivity index (χ4n) is 1.37. The average molecular weight is 174 g/mol. The smallest absolute Gasteiger partial charge is 0.0914 e. The first-order valence-corrected chi connectivity index (χ1v) is 4.24. The molecule has 0 unspecified atom stereocenters. The quantitative estimate of drug-likeness (QED) is 0.575. The summed E-state index contributed by atoms with van der Waals surface area (Å²) in [5, 5.41) is 0. The predicted octanol–water partition coefficient (Wildman–Crippen LogP) is 2.90. The van der Waals surface area contributed by atoms with Gasteiger partial charge in [-0.1, -0.05) is 12.7 Å². The number of nitrogens with zero attached hydrogens (tertiary/aromatic N) is 2. The molecule has 0 atom stereocenters. The molecule has 1 aliphatic rings. The van der Waals surface area contributed by atoms with Gasteiger partial charge in [0.15, 0.2) is 0 Å². The Hall–Kier alpha value is -1.44. The largest absolute Gasteiger partial charge is 0.262 e. The fraction of sp³-hybridized carbons (Fsp3) is 0.273. The molecule has 1 aliphatic carbocycles. The van der Waals surface area contributed by atoms with Gasteiger partial charge in [-0.05, 0) is 38.1 Å². The zero-order chi connectivity index (χ0) is 9.84. The lowest BCUT2D eigenvalue weighted by Gasteiger charge is -1.97. The van der Waals surface area contributed by atoms with Crippen molar-refractivity contribution in [2.45, 2.75) is 20.3 Å². The molecular weight excluding hydrogens is 160 g/mol. The molecular formula is C11H14N2. The molecule has 0 bridgehead atoms. The Morgan fingerprint density at radius 2 is 2.15 bits per heavy atom. The van der Waals surface area contributed by atoms with E-state index in [2.05, 4.69) is 23.3 Å². The second-order valence-corrected chi connectivity index (χ2v) is 3.03. The van der Waals surface area contributed by atoms with Crippen LogP contribution in [-0.4, -0.2) is 12.4 Å². The molecule has 0 aromatic carbocycles. The van der Waals surface area contributed by atoms with E-state index in [1.54, 1.807) is 6.20 Å². The van der Waals surface area contributed by atoms with Gasteiger partial charge < -0.3 is 0 Å². The van der Waals surface area contributed by atoms with Crippen LogP contribution >= 0.6 is 0 Å². The third kappa shape index (κ3) is 1.83. The minimum atomic E-state index is 0.866. The van der Waals surface area contributed by atoms with Crippen molar-refractivity contribution >= 4 is 12.4 Å². The maximum atomic E-state index is 4.27. The highest BCUT2D eigenvalue weighted by Gasteiger charge is 2.20. The van der Waals surface area contributed by atoms with Crippen LogP contribution in [-0.2, 0) is 0 Å². The first-order valence-electron chi connectivity index (χ1n) is 4.24. The zero-order valence-electron chi connectivity index (χ0n) is 8.17. The molecule has 0 radical (unpaired) electrons. The van der Waals surface area contributed by atoms with E-state index < -0.39 is 0 Å². The van der Waals surface area contributed by atoms with Crippen LogP contribution in [0, 0.1) is 0 Å². The summed E-state index contributed by atoms with van der Waals surface area (Å²) in [6.45, 7) is 11.4. The van der Waals surface area contributed by atoms with Crippen molar-refractivity contribution in [1.82, 2.24) is 0 Å². The van der Waals surface area contributed by atoms with Gasteiger partial charge in [0.1, 0.15) is 0 Å². The lowest BCUT2D eigenvalue weighted by Crippen LogP contribution is -1.96. The Morgan fingerprint density at radius 1 is 1.46 bits per heavy atom. The molecule has 0 fully saturated rings. The molecule has 0 spiro atoms. The molecule has 13 heavy (non-hydrogen) atoms. The minimum absolute atomic E-state index is 0.866. The lowest BCUT2D eigenvalue weighted by molar-refractivity contribution is 1.19. The molecule has 0 N–H and O–H groups in total. The molecule has 0 aromatic rings. The molecule has 0 saturated heterocycles. The molecule has 0 amide bonds. The van der Waals surface area contributed by atoms with Gasteiger partial charge >= 0.3 is 0 Å². The summed E-state index contributed by atoms with van der Waals surface area (Å²) in [6.07, 6.45) is 4.50. The topological polar surface area (TPSA) is 24.7 Å². The third-order valence-electron chi connectivity index (χ3n) is 1.95. The van der Waals surface area contributed by atoms with Gasteiger partial charge in [-0.15, -0.1) is 0 Å². The van der Waals surface area contributed by atoms with Crippen LogP contribution in [0.4, 0.5) is 0 Å². The highest BCUT2D eigenvalue weighted by Crippen LogP contribution is 2.27. The highest BCUT2D eigenvalue weighted by atomic mass is 14.8. The van der Waals surface area contributed by atoms with Crippen molar-refractivity contribution in [1.29, 1.82) is 0 Å². The second-order valence-electron chi connectivity index (χ2n) is 3.03. The van der Waals surface area contributed by atoms with Gasteiger partial charge in [0.2, 0.25) is 0 Å². The van der Waals surface area contributed by atoms with Crippen LogP contribution in [0.25, 0.3) is 0 Å². The normalized spacial score (nSPS) is 20.8. The SMILES string of the molecule is C=NC1=C(C)CC(=C)C1=N/C=C\C. The van der Waals surface area contributed by atoms with Crippen LogP contribution in [0.1, 0.15) is 20.3 Å². The Labute approximate surface area is 79.1 Å². The van der Waals surface area contributed by atoms with Crippen LogP contribution in [0.5, 0.6) is 0 Å². The third-order valence-corrected chi connectivity index (χ3v) is 1.95. The van der Waals surface area contributed by atoms with Gasteiger partial charge in [0, 0.05) is 6.20 Å². The van der Waals surface area contributed by atoms with Gasteiger partial charge in [0.25, 0.3) is 0 Å². The molecule has 0 saturated carbocycles. The van der Waals surface area contributed by atoms with E-state index in [9.17, 15) is 0 Å². The van der Waals surface area contributed by atoms with Crippen molar-refractivity contribution in [2.24, 2.45) is 9.98 Å². The molecule has 2 heteroatoms. The summed E-state index contributed by atoms with van der Waals surface area (Å²) in [4.78, 5) is 8.23. The van der Waals surface area contributed by atoms with Crippen molar-refractivity contribution in [3.8, 4) is 0 Å². The van der Waals surface area contributed by atoms with Crippen molar-refractivity contribution < 1.29 is 0 Å².